The Balaban J connectivity index is 0.000000124. The Morgan fingerprint density at radius 3 is 0.971 bits per heavy atom. The number of nitrogens with zero attached hydrogens (tertiary/aromatic N) is 10. The molecule has 0 saturated heterocycles. The summed E-state index contributed by atoms with van der Waals surface area (Å²) in [5.41, 5.74) is 42.0. The van der Waals surface area contributed by atoms with E-state index in [0.29, 0.717) is 50.9 Å². The van der Waals surface area contributed by atoms with E-state index in [9.17, 15) is 0 Å². The number of aryl methyl sites for hydroxylation is 22. The van der Waals surface area contributed by atoms with Crippen molar-refractivity contribution in [1.82, 2.24) is 24.9 Å². The zero-order valence-electron chi connectivity index (χ0n) is 92.7. The smallest absolute Gasteiger partial charge is 0.227 e. The van der Waals surface area contributed by atoms with E-state index in [4.69, 9.17) is 31.7 Å². The monoisotopic (exact) mass is 1830 g/mol. The molecule has 0 N–H and O–H groups in total. The van der Waals surface area contributed by atoms with Gasteiger partial charge in [0.1, 0.15) is 35.2 Å². The van der Waals surface area contributed by atoms with Crippen molar-refractivity contribution in [2.45, 2.75) is 236 Å². The first-order valence-electron chi connectivity index (χ1n) is 51.9. The fraction of sp³-hybridized carbons (Fsp3) is 0.344. The molecule has 0 spiro atoms. The van der Waals surface area contributed by atoms with Gasteiger partial charge in [-0.2, -0.15) is 0 Å². The van der Waals surface area contributed by atoms with Gasteiger partial charge in [0.05, 0.1) is 54.7 Å². The lowest BCUT2D eigenvalue weighted by molar-refractivity contribution is -0.661. The van der Waals surface area contributed by atoms with Gasteiger partial charge in [-0.25, -0.2) is 47.8 Å². The van der Waals surface area contributed by atoms with Crippen molar-refractivity contribution in [3.8, 4) is 56.3 Å². The van der Waals surface area contributed by atoms with Gasteiger partial charge in [0.2, 0.25) is 57.0 Å². The molecule has 21 rings (SSSR count). The molecule has 0 radical (unpaired) electrons. The fourth-order valence-electron chi connectivity index (χ4n) is 21.2. The second-order valence-corrected chi connectivity index (χ2v) is 41.1. The van der Waals surface area contributed by atoms with Gasteiger partial charge in [-0.05, 0) is 286 Å². The number of furan rings is 5. The summed E-state index contributed by atoms with van der Waals surface area (Å²) in [6.07, 6.45) is 17.9. The number of fused-ring (bicyclic) bond motifs is 15. The third kappa shape index (κ3) is 18.5. The number of benzene rings is 5. The highest BCUT2D eigenvalue weighted by Gasteiger charge is 2.32. The second-order valence-electron chi connectivity index (χ2n) is 41.1. The van der Waals surface area contributed by atoms with E-state index in [1.165, 1.54) is 133 Å². The molecule has 15 aromatic heterocycles. The predicted octanol–water partition coefficient (Wildman–Crippen LogP) is 29.3. The largest absolute Gasteiger partial charge is 0.437 e. The van der Waals surface area contributed by atoms with E-state index < -0.39 is 19.6 Å². The molecular weight excluding hydrogens is 1690 g/mol. The third-order valence-corrected chi connectivity index (χ3v) is 27.6. The van der Waals surface area contributed by atoms with Gasteiger partial charge in [0.15, 0.2) is 58.9 Å². The first-order chi connectivity index (χ1) is 67.8. The minimum Gasteiger partial charge on any atom is -0.437 e. The quantitative estimate of drug-likeness (QED) is 0.115. The van der Waals surface area contributed by atoms with E-state index in [2.05, 4.69) is 322 Å². The molecule has 700 valence electrons. The lowest BCUT2D eigenvalue weighted by atomic mass is 9.87. The molecule has 15 heteroatoms. The molecule has 137 heavy (non-hydrogen) atoms. The molecule has 15 heterocycles. The first-order valence-corrected chi connectivity index (χ1v) is 48.4. The van der Waals surface area contributed by atoms with E-state index in [1.54, 1.807) is 37.7 Å². The Kier molecular flexibility index (Phi) is 23.7. The Hall–Kier alpha value is -13.4. The normalized spacial score (nSPS) is 14.0. The molecule has 1 saturated carbocycles. The van der Waals surface area contributed by atoms with Crippen LogP contribution in [0.1, 0.15) is 238 Å². The highest BCUT2D eigenvalue weighted by Crippen LogP contribution is 2.46. The molecule has 0 bridgehead atoms. The van der Waals surface area contributed by atoms with Crippen molar-refractivity contribution >= 4 is 110 Å². The van der Waals surface area contributed by atoms with E-state index >= 15 is 0 Å². The maximum atomic E-state index is 8.52. The molecule has 20 aromatic rings. The van der Waals surface area contributed by atoms with Crippen molar-refractivity contribution < 1.29 is 54.5 Å². The van der Waals surface area contributed by atoms with Gasteiger partial charge in [-0.3, -0.25) is 0 Å². The number of aromatic nitrogens is 10. The summed E-state index contributed by atoms with van der Waals surface area (Å²) in [5, 5.41) is 10.2. The van der Waals surface area contributed by atoms with Gasteiger partial charge in [0.25, 0.3) is 0 Å². The lowest BCUT2D eigenvalue weighted by Crippen LogP contribution is -2.32. The maximum absolute atomic E-state index is 8.52. The topological polar surface area (TPSA) is 150 Å². The number of hydrogen-bond donors (Lipinski definition) is 0. The van der Waals surface area contributed by atoms with Crippen molar-refractivity contribution in [3.05, 3.63) is 294 Å². The zero-order chi connectivity index (χ0) is 104. The Bertz CT molecular complexity index is 8540. The minimum atomic E-state index is -2.49. The summed E-state index contributed by atoms with van der Waals surface area (Å²) < 4.78 is 98.2. The van der Waals surface area contributed by atoms with Crippen LogP contribution in [0.25, 0.3) is 167 Å². The van der Waals surface area contributed by atoms with Crippen LogP contribution in [0.15, 0.2) is 193 Å². The zero-order valence-corrected chi connectivity index (χ0v) is 85.7. The lowest BCUT2D eigenvalue weighted by Gasteiger charge is -2.18. The van der Waals surface area contributed by atoms with E-state index in [0.717, 1.165) is 157 Å². The average molecular weight is 1830 g/mol. The van der Waals surface area contributed by atoms with Crippen LogP contribution in [-0.4, -0.2) is 24.9 Å². The van der Waals surface area contributed by atoms with Crippen LogP contribution >= 0.6 is 0 Å². The number of rotatable bonds is 11. The van der Waals surface area contributed by atoms with Crippen LogP contribution in [0.2, 0.25) is 0 Å². The molecule has 15 nitrogen and oxygen atoms in total. The van der Waals surface area contributed by atoms with Crippen molar-refractivity contribution in [3.63, 3.8) is 0 Å². The summed E-state index contributed by atoms with van der Waals surface area (Å²) in [4.78, 5) is 23.1. The molecule has 1 atom stereocenters. The molecular formula is C122H137N10O5+5. The SMILES string of the molecule is Cc1cc(C)c2c(n1)oc1c(-c3cc(C)c(C(C)C)c[n+]3C)c(C)ccc12.Cc1cc(C)c2c(n1)oc1c(-c3cc(C4CCCC4)cc[n+]3C)c(C)ccc12.Cc1cc(C)c2c(n1)oc1c(-c3cc(CC(C)(C)C)cc[n+]3C)c(C)ccc12.Cc1cc(C)c2c(n1)oc1c(-c3cc(CC(C)C)cc[n+]3C)c(C)ccc12.[2H]C([2H])([2H])c1cc(C)nc2oc3c(-c4cc(C)c(C([2H])(C)C([2H])([2H])[2H])c[n+]4C)c(C)ccc3c12. The van der Waals surface area contributed by atoms with Gasteiger partial charge >= 0.3 is 0 Å². The highest BCUT2D eigenvalue weighted by molar-refractivity contribution is 6.14. The Morgan fingerprint density at radius 1 is 0.343 bits per heavy atom. The standard InChI is InChI=1S/C25H27N2O.C25H29N2O.3C24H27N2O/c1-15-9-10-20-22-16(2)13-17(3)26-25(22)28-24(20)23(15)21-14-19(11-12-27(21)4)18-7-5-6-8-18;1-15-8-9-19-21-16(2)12-17(3)26-24(21)28-23(19)22(15)20-13-18(10-11-27(20)7)14-25(4,5)6;2*1-13(2)19-12-26(7)20(11-15(19)4)22-14(3)8-9-18-21-16(5)10-17(6)25-24(21)27-23(18)22;1-14(2)11-18-9-10-26(6)20(13-18)22-15(3)7-8-19-21-16(4)12-17(5)25-24(21)27-23(19)22/h9-14,18H,5-8H2,1-4H3;8-13H,14H2,1-7H3;2*8-13H,1-7H3;7-10,12-14H,11H2,1-6H3/q5*+1/i;;1D3,5D3,13D;;. The van der Waals surface area contributed by atoms with Crippen molar-refractivity contribution in [2.75, 3.05) is 0 Å². The van der Waals surface area contributed by atoms with Gasteiger partial charge < -0.3 is 22.1 Å². The molecule has 1 unspecified atom stereocenters. The van der Waals surface area contributed by atoms with Crippen molar-refractivity contribution in [1.29, 1.82) is 0 Å². The van der Waals surface area contributed by atoms with Crippen LogP contribution in [0.4, 0.5) is 0 Å². The highest BCUT2D eigenvalue weighted by atomic mass is 16.4. The van der Waals surface area contributed by atoms with Crippen LogP contribution in [-0.2, 0) is 48.1 Å². The molecule has 5 aromatic carbocycles. The Morgan fingerprint density at radius 2 is 0.642 bits per heavy atom. The minimum absolute atomic E-state index is 0.196. The van der Waals surface area contributed by atoms with Gasteiger partial charge in [0, 0.05) is 125 Å². The summed E-state index contributed by atoms with van der Waals surface area (Å²) >= 11 is 0. The number of hydrogen-bond acceptors (Lipinski definition) is 10. The first kappa shape index (κ1) is 86.4. The summed E-state index contributed by atoms with van der Waals surface area (Å²) in [6.45, 7) is 45.3. The third-order valence-electron chi connectivity index (χ3n) is 27.6. The number of pyridine rings is 10. The molecule has 1 fully saturated rings. The van der Waals surface area contributed by atoms with Crippen LogP contribution in [0.3, 0.4) is 0 Å². The average Bonchev–Trinajstić information content (AvgIpc) is 1.61. The van der Waals surface area contributed by atoms with Gasteiger partial charge in [-0.1, -0.05) is 136 Å². The molecule has 0 amide bonds. The Labute approximate surface area is 817 Å². The summed E-state index contributed by atoms with van der Waals surface area (Å²) in [7, 11) is 10.2. The van der Waals surface area contributed by atoms with Crippen LogP contribution in [0, 0.1) is 129 Å². The van der Waals surface area contributed by atoms with Crippen LogP contribution in [0.5, 0.6) is 0 Å². The maximum Gasteiger partial charge on any atom is 0.227 e. The van der Waals surface area contributed by atoms with Gasteiger partial charge in [-0.15, -0.1) is 0 Å². The second kappa shape index (κ2) is 37.6. The van der Waals surface area contributed by atoms with E-state index in [1.807, 2.05) is 52.8 Å². The van der Waals surface area contributed by atoms with Crippen LogP contribution < -0.4 is 22.8 Å². The summed E-state index contributed by atoms with van der Waals surface area (Å²) in [5.74, 6) is 0.0532. The summed E-state index contributed by atoms with van der Waals surface area (Å²) in [6, 6.07) is 49.2. The fourth-order valence-corrected chi connectivity index (χ4v) is 21.2. The van der Waals surface area contributed by atoms with E-state index in [-0.39, 0.29) is 16.7 Å². The molecule has 1 aliphatic carbocycles. The predicted molar refractivity (Wildman–Crippen MR) is 562 cm³/mol. The van der Waals surface area contributed by atoms with Crippen molar-refractivity contribution in [2.24, 2.45) is 46.6 Å². The molecule has 0 aliphatic heterocycles. The molecule has 1 aliphatic rings.